The van der Waals surface area contributed by atoms with Gasteiger partial charge in [0.1, 0.15) is 0 Å². The van der Waals surface area contributed by atoms with Crippen molar-refractivity contribution in [1.29, 1.82) is 0 Å². The molecule has 2 heterocycles. The SMILES string of the molecule is CCC(C)n1ncc2c(C(=O)NCC(O)CC(C)C)cc(C)nc21. The Morgan fingerprint density at radius 2 is 2.08 bits per heavy atom. The van der Waals surface area contributed by atoms with E-state index in [1.165, 1.54) is 0 Å². The highest BCUT2D eigenvalue weighted by atomic mass is 16.3. The van der Waals surface area contributed by atoms with E-state index in [-0.39, 0.29) is 18.5 Å². The smallest absolute Gasteiger partial charge is 0.252 e. The molecule has 2 rings (SSSR count). The van der Waals surface area contributed by atoms with Crippen LogP contribution in [0.4, 0.5) is 0 Å². The first kappa shape index (κ1) is 18.4. The van der Waals surface area contributed by atoms with Gasteiger partial charge in [-0.3, -0.25) is 4.79 Å². The Morgan fingerprint density at radius 3 is 2.71 bits per heavy atom. The summed E-state index contributed by atoms with van der Waals surface area (Å²) in [6.45, 7) is 10.4. The molecule has 0 fully saturated rings. The predicted molar refractivity (Wildman–Crippen MR) is 95.1 cm³/mol. The molecule has 24 heavy (non-hydrogen) atoms. The van der Waals surface area contributed by atoms with Crippen molar-refractivity contribution in [3.05, 3.63) is 23.5 Å². The second kappa shape index (κ2) is 7.75. The van der Waals surface area contributed by atoms with E-state index in [4.69, 9.17) is 0 Å². The predicted octanol–water partition coefficient (Wildman–Crippen LogP) is 2.85. The minimum absolute atomic E-state index is 0.197. The Labute approximate surface area is 143 Å². The minimum atomic E-state index is -0.532. The number of nitrogens with one attached hydrogen (secondary N) is 1. The first-order valence-corrected chi connectivity index (χ1v) is 8.64. The zero-order valence-corrected chi connectivity index (χ0v) is 15.2. The van der Waals surface area contributed by atoms with Gasteiger partial charge in [-0.25, -0.2) is 9.67 Å². The number of hydrogen-bond acceptors (Lipinski definition) is 4. The summed E-state index contributed by atoms with van der Waals surface area (Å²) in [5.41, 5.74) is 2.07. The summed E-state index contributed by atoms with van der Waals surface area (Å²) in [7, 11) is 0. The van der Waals surface area contributed by atoms with E-state index in [9.17, 15) is 9.90 Å². The van der Waals surface area contributed by atoms with Gasteiger partial charge in [0.15, 0.2) is 5.65 Å². The van der Waals surface area contributed by atoms with Crippen molar-refractivity contribution in [3.8, 4) is 0 Å². The van der Waals surface area contributed by atoms with E-state index >= 15 is 0 Å². The first-order valence-electron chi connectivity index (χ1n) is 8.64. The summed E-state index contributed by atoms with van der Waals surface area (Å²) in [5.74, 6) is 0.192. The Hall–Kier alpha value is -1.95. The fourth-order valence-electron chi connectivity index (χ4n) is 2.76. The van der Waals surface area contributed by atoms with Gasteiger partial charge < -0.3 is 10.4 Å². The van der Waals surface area contributed by atoms with Crippen LogP contribution in [0.5, 0.6) is 0 Å². The molecule has 0 spiro atoms. The van der Waals surface area contributed by atoms with Gasteiger partial charge in [-0.2, -0.15) is 5.10 Å². The summed E-state index contributed by atoms with van der Waals surface area (Å²) >= 11 is 0. The number of hydrogen-bond donors (Lipinski definition) is 2. The van der Waals surface area contributed by atoms with Gasteiger partial charge in [0.25, 0.3) is 5.91 Å². The molecule has 2 aromatic rings. The molecule has 0 aliphatic carbocycles. The number of aliphatic hydroxyl groups excluding tert-OH is 1. The Morgan fingerprint density at radius 1 is 1.38 bits per heavy atom. The monoisotopic (exact) mass is 332 g/mol. The number of amides is 1. The number of aromatic nitrogens is 3. The zero-order valence-electron chi connectivity index (χ0n) is 15.2. The maximum Gasteiger partial charge on any atom is 0.252 e. The van der Waals surface area contributed by atoms with Crippen LogP contribution in [0, 0.1) is 12.8 Å². The van der Waals surface area contributed by atoms with Crippen LogP contribution in [0.15, 0.2) is 12.3 Å². The Balaban J connectivity index is 2.25. The maximum absolute atomic E-state index is 12.6. The highest BCUT2D eigenvalue weighted by molar-refractivity contribution is 6.05. The van der Waals surface area contributed by atoms with Crippen LogP contribution < -0.4 is 5.32 Å². The van der Waals surface area contributed by atoms with Crippen molar-refractivity contribution in [2.75, 3.05) is 6.54 Å². The molecule has 2 unspecified atom stereocenters. The van der Waals surface area contributed by atoms with E-state index in [2.05, 4.69) is 29.2 Å². The lowest BCUT2D eigenvalue weighted by Crippen LogP contribution is -2.33. The van der Waals surface area contributed by atoms with Crippen LogP contribution in [-0.4, -0.2) is 38.4 Å². The van der Waals surface area contributed by atoms with Crippen molar-refractivity contribution in [1.82, 2.24) is 20.1 Å². The third-order valence-corrected chi connectivity index (χ3v) is 4.19. The lowest BCUT2D eigenvalue weighted by atomic mass is 10.1. The van der Waals surface area contributed by atoms with Crippen molar-refractivity contribution >= 4 is 16.9 Å². The summed E-state index contributed by atoms with van der Waals surface area (Å²) in [5, 5.41) is 17.9. The fraction of sp³-hybridized carbons (Fsp3) is 0.611. The van der Waals surface area contributed by atoms with E-state index in [0.717, 1.165) is 23.1 Å². The average Bonchev–Trinajstić information content (AvgIpc) is 2.94. The van der Waals surface area contributed by atoms with Crippen molar-refractivity contribution < 1.29 is 9.90 Å². The van der Waals surface area contributed by atoms with Crippen LogP contribution in [0.3, 0.4) is 0 Å². The third-order valence-electron chi connectivity index (χ3n) is 4.19. The first-order chi connectivity index (χ1) is 11.3. The van der Waals surface area contributed by atoms with Crippen LogP contribution in [0.25, 0.3) is 11.0 Å². The van der Waals surface area contributed by atoms with Crippen LogP contribution in [-0.2, 0) is 0 Å². The van der Waals surface area contributed by atoms with Gasteiger partial charge >= 0.3 is 0 Å². The lowest BCUT2D eigenvalue weighted by Gasteiger charge is -2.14. The van der Waals surface area contributed by atoms with Crippen LogP contribution in [0.1, 0.15) is 62.6 Å². The molecular formula is C18H28N4O2. The number of aryl methyl sites for hydroxylation is 1. The summed E-state index contributed by atoms with van der Waals surface area (Å²) in [6.07, 6.45) is 2.77. The van der Waals surface area contributed by atoms with Gasteiger partial charge in [0.05, 0.1) is 29.3 Å². The number of nitrogens with zero attached hydrogens (tertiary/aromatic N) is 3. The Kier molecular flexibility index (Phi) is 5.94. The molecular weight excluding hydrogens is 304 g/mol. The summed E-state index contributed by atoms with van der Waals surface area (Å²) in [6, 6.07) is 2.00. The van der Waals surface area contributed by atoms with E-state index in [1.54, 1.807) is 12.3 Å². The number of aliphatic hydroxyl groups is 1. The molecule has 6 nitrogen and oxygen atoms in total. The van der Waals surface area contributed by atoms with Gasteiger partial charge in [-0.05, 0) is 38.7 Å². The summed E-state index contributed by atoms with van der Waals surface area (Å²) in [4.78, 5) is 17.1. The van der Waals surface area contributed by atoms with Crippen LogP contribution in [0.2, 0.25) is 0 Å². The van der Waals surface area contributed by atoms with E-state index in [1.807, 2.05) is 25.5 Å². The number of carbonyl (C=O) groups is 1. The molecule has 1 amide bonds. The highest BCUT2D eigenvalue weighted by Crippen LogP contribution is 2.22. The maximum atomic E-state index is 12.6. The van der Waals surface area contributed by atoms with Gasteiger partial charge in [0, 0.05) is 12.2 Å². The zero-order chi connectivity index (χ0) is 17.9. The van der Waals surface area contributed by atoms with Gasteiger partial charge in [0.2, 0.25) is 0 Å². The largest absolute Gasteiger partial charge is 0.391 e. The highest BCUT2D eigenvalue weighted by Gasteiger charge is 2.18. The molecule has 2 aromatic heterocycles. The second-order valence-electron chi connectivity index (χ2n) is 6.89. The molecule has 2 N–H and O–H groups in total. The molecule has 6 heteroatoms. The van der Waals surface area contributed by atoms with Crippen molar-refractivity contribution in [2.45, 2.75) is 59.6 Å². The third kappa shape index (κ3) is 4.12. The van der Waals surface area contributed by atoms with E-state index < -0.39 is 6.10 Å². The lowest BCUT2D eigenvalue weighted by molar-refractivity contribution is 0.0901. The molecule has 0 bridgehead atoms. The second-order valence-corrected chi connectivity index (χ2v) is 6.89. The number of carbonyl (C=O) groups excluding carboxylic acids is 1. The quantitative estimate of drug-likeness (QED) is 0.817. The van der Waals surface area contributed by atoms with Crippen LogP contribution >= 0.6 is 0 Å². The van der Waals surface area contributed by atoms with Gasteiger partial charge in [-0.1, -0.05) is 20.8 Å². The van der Waals surface area contributed by atoms with Crippen molar-refractivity contribution in [2.24, 2.45) is 5.92 Å². The standard InChI is InChI=1S/C18H28N4O2/c1-6-13(5)22-17-16(10-20-22)15(8-12(4)21-17)18(24)19-9-14(23)7-11(2)3/h8,10-11,13-14,23H,6-7,9H2,1-5H3,(H,19,24). The molecule has 0 saturated heterocycles. The number of fused-ring (bicyclic) bond motifs is 1. The molecule has 2 atom stereocenters. The van der Waals surface area contributed by atoms with E-state index in [0.29, 0.717) is 17.9 Å². The van der Waals surface area contributed by atoms with Crippen molar-refractivity contribution in [3.63, 3.8) is 0 Å². The average molecular weight is 332 g/mol. The molecule has 0 aromatic carbocycles. The molecule has 0 aliphatic rings. The minimum Gasteiger partial charge on any atom is -0.391 e. The number of rotatable bonds is 7. The summed E-state index contributed by atoms with van der Waals surface area (Å²) < 4.78 is 1.87. The topological polar surface area (TPSA) is 80.0 Å². The normalized spacial score (nSPS) is 14.1. The molecule has 0 saturated carbocycles. The Bertz CT molecular complexity index is 708. The molecule has 0 radical (unpaired) electrons. The fourth-order valence-corrected chi connectivity index (χ4v) is 2.76. The number of pyridine rings is 1. The van der Waals surface area contributed by atoms with Gasteiger partial charge in [-0.15, -0.1) is 0 Å². The molecule has 132 valence electrons. The molecule has 0 aliphatic heterocycles.